The number of nitrogens with one attached hydrogen (secondary N) is 2. The Morgan fingerprint density at radius 2 is 1.64 bits per heavy atom. The largest absolute Gasteiger partial charge is 0.435 e. The Labute approximate surface area is 262 Å². The number of carbonyl (C=O) groups is 2. The van der Waals surface area contributed by atoms with E-state index in [4.69, 9.17) is 5.10 Å². The maximum absolute atomic E-state index is 13.1. The van der Waals surface area contributed by atoms with E-state index in [1.165, 1.54) is 24.3 Å². The summed E-state index contributed by atoms with van der Waals surface area (Å²) >= 11 is 0. The molecule has 3 aromatic carbocycles. The first-order chi connectivity index (χ1) is 21.4. The fourth-order valence-corrected chi connectivity index (χ4v) is 5.41. The van der Waals surface area contributed by atoms with Gasteiger partial charge in [-0.2, -0.15) is 13.9 Å². The maximum Gasteiger partial charge on any atom is 0.387 e. The summed E-state index contributed by atoms with van der Waals surface area (Å²) in [5.41, 5.74) is 4.91. The SMILES string of the molecule is Cc1ccc(-n2nc(C(C)(C)C)cc2NC(=O)Nc2cccc(CC3CCN(C(=O)c4ccc(OC(F)F)cc4)CC3)c2)cc1. The lowest BCUT2D eigenvalue weighted by Gasteiger charge is -2.32. The molecular formula is C35H39F2N5O3. The van der Waals surface area contributed by atoms with Gasteiger partial charge in [0.05, 0.1) is 11.4 Å². The first kappa shape index (κ1) is 31.7. The summed E-state index contributed by atoms with van der Waals surface area (Å²) in [7, 11) is 0. The highest BCUT2D eigenvalue weighted by molar-refractivity contribution is 5.99. The molecular weight excluding hydrogens is 576 g/mol. The van der Waals surface area contributed by atoms with Gasteiger partial charge in [-0.15, -0.1) is 0 Å². The van der Waals surface area contributed by atoms with Gasteiger partial charge in [0.2, 0.25) is 0 Å². The van der Waals surface area contributed by atoms with Crippen LogP contribution in [0.25, 0.3) is 5.69 Å². The summed E-state index contributed by atoms with van der Waals surface area (Å²) in [5.74, 6) is 0.876. The van der Waals surface area contributed by atoms with Gasteiger partial charge in [0, 0.05) is 35.8 Å². The third-order valence-corrected chi connectivity index (χ3v) is 7.94. The monoisotopic (exact) mass is 615 g/mol. The molecule has 0 atom stereocenters. The van der Waals surface area contributed by atoms with Crippen molar-refractivity contribution in [3.05, 3.63) is 101 Å². The van der Waals surface area contributed by atoms with Crippen molar-refractivity contribution < 1.29 is 23.1 Å². The third-order valence-electron chi connectivity index (χ3n) is 7.94. The van der Waals surface area contributed by atoms with Gasteiger partial charge in [-0.3, -0.25) is 10.1 Å². The smallest absolute Gasteiger partial charge is 0.387 e. The highest BCUT2D eigenvalue weighted by atomic mass is 19.3. The van der Waals surface area contributed by atoms with Gasteiger partial charge >= 0.3 is 12.6 Å². The number of alkyl halides is 2. The van der Waals surface area contributed by atoms with E-state index in [1.807, 2.05) is 61.5 Å². The second kappa shape index (κ2) is 13.5. The lowest BCUT2D eigenvalue weighted by Crippen LogP contribution is -2.38. The molecule has 0 bridgehead atoms. The number of aryl methyl sites for hydroxylation is 1. The molecule has 1 fully saturated rings. The van der Waals surface area contributed by atoms with Crippen LogP contribution < -0.4 is 15.4 Å². The first-order valence-corrected chi connectivity index (χ1v) is 15.1. The fraction of sp³-hybridized carbons (Fsp3) is 0.343. The molecule has 2 heterocycles. The highest BCUT2D eigenvalue weighted by Gasteiger charge is 2.25. The van der Waals surface area contributed by atoms with Crippen LogP contribution in [0.2, 0.25) is 0 Å². The Kier molecular flexibility index (Phi) is 9.51. The van der Waals surface area contributed by atoms with Gasteiger partial charge in [-0.25, -0.2) is 9.48 Å². The minimum Gasteiger partial charge on any atom is -0.435 e. The van der Waals surface area contributed by atoms with Crippen LogP contribution in [0.4, 0.5) is 25.1 Å². The molecule has 236 valence electrons. The number of halogens is 2. The van der Waals surface area contributed by atoms with E-state index in [0.29, 0.717) is 36.1 Å². The lowest BCUT2D eigenvalue weighted by atomic mass is 9.90. The Hall–Kier alpha value is -4.73. The van der Waals surface area contributed by atoms with E-state index in [-0.39, 0.29) is 23.1 Å². The van der Waals surface area contributed by atoms with Crippen molar-refractivity contribution >= 4 is 23.4 Å². The van der Waals surface area contributed by atoms with E-state index in [9.17, 15) is 18.4 Å². The van der Waals surface area contributed by atoms with Crippen molar-refractivity contribution in [2.45, 2.75) is 59.0 Å². The first-order valence-electron chi connectivity index (χ1n) is 15.1. The van der Waals surface area contributed by atoms with Crippen molar-refractivity contribution in [1.29, 1.82) is 0 Å². The number of urea groups is 1. The van der Waals surface area contributed by atoms with Gasteiger partial charge in [-0.1, -0.05) is 50.6 Å². The molecule has 0 unspecified atom stereocenters. The number of anilines is 2. The Bertz CT molecular complexity index is 1620. The number of carbonyl (C=O) groups excluding carboxylic acids is 2. The van der Waals surface area contributed by atoms with Gasteiger partial charge in [0.25, 0.3) is 5.91 Å². The average molecular weight is 616 g/mol. The molecule has 2 N–H and O–H groups in total. The second-order valence-corrected chi connectivity index (χ2v) is 12.5. The number of likely N-dealkylation sites (tertiary alicyclic amines) is 1. The van der Waals surface area contributed by atoms with Gasteiger partial charge in [0.15, 0.2) is 0 Å². The van der Waals surface area contributed by atoms with Crippen LogP contribution in [0.15, 0.2) is 78.9 Å². The van der Waals surface area contributed by atoms with Crippen LogP contribution in [-0.2, 0) is 11.8 Å². The molecule has 1 saturated heterocycles. The van der Waals surface area contributed by atoms with E-state index in [2.05, 4.69) is 36.1 Å². The topological polar surface area (TPSA) is 88.5 Å². The molecule has 0 aliphatic carbocycles. The molecule has 8 nitrogen and oxygen atoms in total. The summed E-state index contributed by atoms with van der Waals surface area (Å²) < 4.78 is 30.9. The molecule has 1 aromatic heterocycles. The Balaban J connectivity index is 1.17. The number of hydrogen-bond donors (Lipinski definition) is 2. The summed E-state index contributed by atoms with van der Waals surface area (Å²) in [5, 5.41) is 10.7. The number of nitrogens with zero attached hydrogens (tertiary/aromatic N) is 3. The van der Waals surface area contributed by atoms with Crippen molar-refractivity contribution in [3.8, 4) is 11.4 Å². The van der Waals surface area contributed by atoms with Crippen LogP contribution in [0.1, 0.15) is 60.8 Å². The van der Waals surface area contributed by atoms with E-state index in [0.717, 1.165) is 41.8 Å². The van der Waals surface area contributed by atoms with E-state index in [1.54, 1.807) is 9.58 Å². The van der Waals surface area contributed by atoms with Crippen molar-refractivity contribution in [3.63, 3.8) is 0 Å². The number of amides is 3. The van der Waals surface area contributed by atoms with Crippen LogP contribution in [0.3, 0.4) is 0 Å². The fourth-order valence-electron chi connectivity index (χ4n) is 5.41. The summed E-state index contributed by atoms with van der Waals surface area (Å²) in [4.78, 5) is 27.8. The molecule has 0 radical (unpaired) electrons. The Morgan fingerprint density at radius 1 is 0.956 bits per heavy atom. The van der Waals surface area contributed by atoms with E-state index >= 15 is 0 Å². The summed E-state index contributed by atoms with van der Waals surface area (Å²) in [6, 6.07) is 23.2. The predicted octanol–water partition coefficient (Wildman–Crippen LogP) is 7.82. The van der Waals surface area contributed by atoms with Gasteiger partial charge in [0.1, 0.15) is 11.6 Å². The van der Waals surface area contributed by atoms with E-state index < -0.39 is 6.61 Å². The summed E-state index contributed by atoms with van der Waals surface area (Å²) in [6.07, 6.45) is 2.51. The molecule has 5 rings (SSSR count). The van der Waals surface area contributed by atoms with Crippen LogP contribution >= 0.6 is 0 Å². The zero-order chi connectivity index (χ0) is 32.1. The molecule has 3 amide bonds. The maximum atomic E-state index is 13.1. The molecule has 1 aliphatic heterocycles. The number of rotatable bonds is 8. The zero-order valence-corrected chi connectivity index (χ0v) is 26.0. The minimum absolute atomic E-state index is 0.0259. The lowest BCUT2D eigenvalue weighted by molar-refractivity contribution is -0.0498. The normalized spacial score (nSPS) is 14.0. The summed E-state index contributed by atoms with van der Waals surface area (Å²) in [6.45, 7) is 6.61. The van der Waals surface area contributed by atoms with Crippen LogP contribution in [0.5, 0.6) is 5.75 Å². The molecule has 45 heavy (non-hydrogen) atoms. The molecule has 0 spiro atoms. The number of benzene rings is 3. The second-order valence-electron chi connectivity index (χ2n) is 12.5. The van der Waals surface area contributed by atoms with Gasteiger partial charge in [-0.05, 0) is 86.2 Å². The number of aromatic nitrogens is 2. The quantitative estimate of drug-likeness (QED) is 0.212. The molecule has 1 aliphatic rings. The minimum atomic E-state index is -2.90. The molecule has 4 aromatic rings. The van der Waals surface area contributed by atoms with Crippen molar-refractivity contribution in [1.82, 2.24) is 14.7 Å². The average Bonchev–Trinajstić information content (AvgIpc) is 3.42. The Morgan fingerprint density at radius 3 is 2.29 bits per heavy atom. The van der Waals surface area contributed by atoms with Crippen LogP contribution in [-0.4, -0.2) is 46.3 Å². The predicted molar refractivity (Wildman–Crippen MR) is 171 cm³/mol. The van der Waals surface area contributed by atoms with Crippen LogP contribution in [0, 0.1) is 12.8 Å². The number of ether oxygens (including phenoxy) is 1. The zero-order valence-electron chi connectivity index (χ0n) is 26.0. The van der Waals surface area contributed by atoms with Crippen molar-refractivity contribution in [2.75, 3.05) is 23.7 Å². The number of hydrogen-bond acceptors (Lipinski definition) is 4. The number of piperidine rings is 1. The third kappa shape index (κ3) is 8.26. The standard InChI is InChI=1S/C35H39F2N5O3/c1-23-8-12-28(13-9-23)42-31(22-30(40-42)35(2,3)4)39-34(44)38-27-7-5-6-25(21-27)20-24-16-18-41(19-17-24)32(43)26-10-14-29(15-11-26)45-33(36)37/h5-15,21-22,24,33H,16-20H2,1-4H3,(H2,38,39,44). The highest BCUT2D eigenvalue weighted by Crippen LogP contribution is 2.28. The molecule has 10 heteroatoms. The van der Waals surface area contributed by atoms with Crippen molar-refractivity contribution in [2.24, 2.45) is 5.92 Å². The van der Waals surface area contributed by atoms with Gasteiger partial charge < -0.3 is 15.0 Å². The molecule has 0 saturated carbocycles.